The summed E-state index contributed by atoms with van der Waals surface area (Å²) in [6.45, 7) is 0.326. The second-order valence-electron chi connectivity index (χ2n) is 8.89. The molecule has 2 aromatic rings. The van der Waals surface area contributed by atoms with Crippen LogP contribution in [0.15, 0.2) is 42.5 Å². The average Bonchev–Trinajstić information content (AvgIpc) is 2.87. The van der Waals surface area contributed by atoms with Gasteiger partial charge >= 0.3 is 0 Å². The fourth-order valence-electron chi connectivity index (χ4n) is 4.05. The number of amides is 3. The van der Waals surface area contributed by atoms with Crippen molar-refractivity contribution in [3.05, 3.63) is 53.6 Å². The first-order chi connectivity index (χ1) is 17.2. The predicted octanol–water partition coefficient (Wildman–Crippen LogP) is -0.488. The molecule has 1 aliphatic rings. The normalized spacial score (nSPS) is 20.3. The Morgan fingerprint density at radius 1 is 1.03 bits per heavy atom. The summed E-state index contributed by atoms with van der Waals surface area (Å²) in [5.74, 6) is -1.75. The number of phenols is 1. The van der Waals surface area contributed by atoms with Crippen molar-refractivity contribution in [3.63, 3.8) is 0 Å². The van der Waals surface area contributed by atoms with Crippen LogP contribution in [0.3, 0.4) is 0 Å². The molecule has 210 valence electrons. The number of benzene rings is 2. The molecule has 11 heteroatoms. The number of aromatic hydroxyl groups is 1. The maximum Gasteiger partial charge on any atom is 0.243 e. The summed E-state index contributed by atoms with van der Waals surface area (Å²) in [5.41, 5.74) is 20.0. The minimum atomic E-state index is -1.19. The van der Waals surface area contributed by atoms with Crippen LogP contribution >= 0.6 is 0 Å². The number of nitrogens with two attached hydrogens (primary N) is 3. The van der Waals surface area contributed by atoms with Crippen molar-refractivity contribution in [3.8, 4) is 16.9 Å². The molecule has 4 bridgehead atoms. The van der Waals surface area contributed by atoms with Crippen LogP contribution in [0.5, 0.6) is 5.75 Å². The van der Waals surface area contributed by atoms with Crippen molar-refractivity contribution >= 4 is 17.7 Å². The number of phenolic OH excluding ortho intramolecular Hbond substituents is 1. The molecule has 1 heterocycles. The molecule has 0 aliphatic carbocycles. The van der Waals surface area contributed by atoms with E-state index in [0.717, 1.165) is 16.7 Å². The topological polar surface area (TPSA) is 206 Å². The Hall–Kier alpha value is -3.51. The number of hydrogen-bond donors (Lipinski definition) is 8. The summed E-state index contributed by atoms with van der Waals surface area (Å²) in [4.78, 5) is 39.0. The first kappa shape index (κ1) is 32.5. The molecule has 1 aliphatic heterocycles. The van der Waals surface area contributed by atoms with Crippen LogP contribution in [0.4, 0.5) is 0 Å². The smallest absolute Gasteiger partial charge is 0.243 e. The largest absolute Gasteiger partial charge is 0.508 e. The number of aliphatic hydroxyl groups is 1. The second-order valence-corrected chi connectivity index (χ2v) is 8.89. The molecule has 0 radical (unpaired) electrons. The third-order valence-electron chi connectivity index (χ3n) is 6.05. The Morgan fingerprint density at radius 2 is 1.74 bits per heavy atom. The molecule has 0 spiro atoms. The van der Waals surface area contributed by atoms with E-state index in [0.29, 0.717) is 5.56 Å². The highest BCUT2D eigenvalue weighted by atomic mass is 16.3. The van der Waals surface area contributed by atoms with Gasteiger partial charge in [0.05, 0.1) is 12.1 Å². The molecule has 0 unspecified atom stereocenters. The van der Waals surface area contributed by atoms with Crippen LogP contribution in [-0.4, -0.2) is 71.8 Å². The van der Waals surface area contributed by atoms with Gasteiger partial charge in [0, 0.05) is 38.9 Å². The second kappa shape index (κ2) is 15.0. The van der Waals surface area contributed by atoms with E-state index >= 15 is 0 Å². The first-order valence-corrected chi connectivity index (χ1v) is 11.8. The number of nitrogens with one attached hydrogen (secondary N) is 3. The molecule has 2 aromatic carbocycles. The molecule has 38 heavy (non-hydrogen) atoms. The van der Waals surface area contributed by atoms with Crippen LogP contribution in [0.25, 0.3) is 11.1 Å². The van der Waals surface area contributed by atoms with E-state index in [9.17, 15) is 24.6 Å². The fraction of sp³-hybridized carbons (Fsp3) is 0.444. The number of rotatable bonds is 6. The number of hydrogen-bond acceptors (Lipinski definition) is 8. The zero-order valence-corrected chi connectivity index (χ0v) is 19.9. The predicted molar refractivity (Wildman–Crippen MR) is 148 cm³/mol. The molecule has 0 fully saturated rings. The molecule has 0 saturated carbocycles. The van der Waals surface area contributed by atoms with E-state index in [1.54, 1.807) is 12.1 Å². The monoisotopic (exact) mass is 530 g/mol. The number of carbonyl (C=O) groups excluding carboxylic acids is 3. The van der Waals surface area contributed by atoms with Crippen molar-refractivity contribution < 1.29 is 24.6 Å². The number of carbonyl (C=O) groups is 3. The van der Waals surface area contributed by atoms with Gasteiger partial charge in [-0.15, -0.1) is 0 Å². The summed E-state index contributed by atoms with van der Waals surface area (Å²) in [6.07, 6.45) is -1.06. The minimum absolute atomic E-state index is 0. The Bertz CT molecular complexity index is 1100. The lowest BCUT2D eigenvalue weighted by molar-refractivity contribution is -0.133. The van der Waals surface area contributed by atoms with E-state index in [4.69, 9.17) is 17.2 Å². The Balaban J connectivity index is 0.00000361. The summed E-state index contributed by atoms with van der Waals surface area (Å²) in [5, 5.41) is 28.4. The van der Waals surface area contributed by atoms with Crippen molar-refractivity contribution in [2.24, 2.45) is 17.2 Å². The molecule has 3 rings (SSSR count). The van der Waals surface area contributed by atoms with Crippen molar-refractivity contribution in [2.45, 2.75) is 58.3 Å². The fourth-order valence-corrected chi connectivity index (χ4v) is 4.05. The van der Waals surface area contributed by atoms with Crippen molar-refractivity contribution in [1.82, 2.24) is 16.0 Å². The van der Waals surface area contributed by atoms with E-state index in [-0.39, 0.29) is 59.5 Å². The highest BCUT2D eigenvalue weighted by Gasteiger charge is 2.30. The molecule has 0 aromatic heterocycles. The zero-order chi connectivity index (χ0) is 26.2. The van der Waals surface area contributed by atoms with E-state index < -0.39 is 42.0 Å². The highest BCUT2D eigenvalue weighted by molar-refractivity contribution is 5.93. The van der Waals surface area contributed by atoms with Crippen LogP contribution in [0.1, 0.15) is 32.4 Å². The standard InChI is InChI=1S/C25H34N6O5.2CH4/c26-6-7-29-24(35)20-9-14-2-1-3-15(8-14)16-4-5-22(33)17(10-16)11-19(28)23(34)30-21(25(36)31-20)12-18(32)13-27;;/h1-5,8,10,18-21,32-33H,6-7,9,11-13,26-28H2,(H,29,35)(H,30,34)(H,31,36);2*1H4/t18-,19+,20+,21+;;/m1../s1. The van der Waals surface area contributed by atoms with Gasteiger partial charge in [-0.05, 0) is 34.4 Å². The first-order valence-electron chi connectivity index (χ1n) is 11.8. The van der Waals surface area contributed by atoms with Gasteiger partial charge in [0.15, 0.2) is 0 Å². The SMILES string of the molecule is C.C.NCCNC(=O)[C@@H]1Cc2cccc(c2)-c2ccc(O)c(c2)C[C@H](N)C(=O)N[C@@H](C[C@@H](O)CN)C(=O)N1. The maximum absolute atomic E-state index is 13.2. The lowest BCUT2D eigenvalue weighted by Gasteiger charge is -2.25. The summed E-state index contributed by atoms with van der Waals surface area (Å²) < 4.78 is 0. The maximum atomic E-state index is 13.2. The van der Waals surface area contributed by atoms with Gasteiger partial charge in [0.2, 0.25) is 17.7 Å². The van der Waals surface area contributed by atoms with Crippen molar-refractivity contribution in [2.75, 3.05) is 19.6 Å². The molecule has 4 atom stereocenters. The third-order valence-corrected chi connectivity index (χ3v) is 6.05. The molecule has 11 nitrogen and oxygen atoms in total. The van der Waals surface area contributed by atoms with Gasteiger partial charge in [-0.2, -0.15) is 0 Å². The molecule has 11 N–H and O–H groups in total. The average molecular weight is 531 g/mol. The third kappa shape index (κ3) is 8.52. The number of fused-ring (bicyclic) bond motifs is 5. The van der Waals surface area contributed by atoms with Crippen LogP contribution in [-0.2, 0) is 27.2 Å². The van der Waals surface area contributed by atoms with E-state index in [1.165, 1.54) is 6.07 Å². The quantitative estimate of drug-likeness (QED) is 0.244. The van der Waals surface area contributed by atoms with Gasteiger partial charge in [0.1, 0.15) is 17.8 Å². The Morgan fingerprint density at radius 3 is 2.42 bits per heavy atom. The van der Waals surface area contributed by atoms with Crippen molar-refractivity contribution in [1.29, 1.82) is 0 Å². The van der Waals surface area contributed by atoms with Gasteiger partial charge in [-0.25, -0.2) is 0 Å². The molecule has 3 amide bonds. The van der Waals surface area contributed by atoms with Gasteiger partial charge in [-0.1, -0.05) is 45.2 Å². The molecular formula is C27H42N6O5. The van der Waals surface area contributed by atoms with Crippen LogP contribution < -0.4 is 33.2 Å². The highest BCUT2D eigenvalue weighted by Crippen LogP contribution is 2.28. The number of aliphatic hydroxyl groups excluding tert-OH is 1. The van der Waals surface area contributed by atoms with Crippen LogP contribution in [0, 0.1) is 0 Å². The van der Waals surface area contributed by atoms with Crippen LogP contribution in [0.2, 0.25) is 0 Å². The molecular weight excluding hydrogens is 488 g/mol. The summed E-state index contributed by atoms with van der Waals surface area (Å²) >= 11 is 0. The van der Waals surface area contributed by atoms with Gasteiger partial charge in [-0.3, -0.25) is 14.4 Å². The summed E-state index contributed by atoms with van der Waals surface area (Å²) in [6, 6.07) is 9.25. The van der Waals surface area contributed by atoms with E-state index in [2.05, 4.69) is 16.0 Å². The zero-order valence-electron chi connectivity index (χ0n) is 19.9. The minimum Gasteiger partial charge on any atom is -0.508 e. The lowest BCUT2D eigenvalue weighted by atomic mass is 9.96. The Labute approximate surface area is 224 Å². The molecule has 0 saturated heterocycles. The van der Waals surface area contributed by atoms with Gasteiger partial charge in [0.25, 0.3) is 0 Å². The lowest BCUT2D eigenvalue weighted by Crippen LogP contribution is -2.57. The summed E-state index contributed by atoms with van der Waals surface area (Å²) in [7, 11) is 0. The Kier molecular flexibility index (Phi) is 12.9. The van der Waals surface area contributed by atoms with E-state index in [1.807, 2.05) is 24.3 Å². The van der Waals surface area contributed by atoms with Gasteiger partial charge < -0.3 is 43.4 Å².